The average molecular weight is 297 g/mol. The van der Waals surface area contributed by atoms with Crippen molar-refractivity contribution in [3.8, 4) is 0 Å². The third-order valence-corrected chi connectivity index (χ3v) is 2.11. The Morgan fingerprint density at radius 2 is 2.33 bits per heavy atom. The number of nitrogens with zero attached hydrogens (tertiary/aromatic N) is 1. The van der Waals surface area contributed by atoms with Gasteiger partial charge < -0.3 is 4.74 Å². The molecule has 0 unspecified atom stereocenters. The molecule has 12 heavy (non-hydrogen) atoms. The minimum absolute atomic E-state index is 0.175. The van der Waals surface area contributed by atoms with E-state index in [0.717, 1.165) is 3.70 Å². The van der Waals surface area contributed by atoms with Crippen molar-refractivity contribution in [2.24, 2.45) is 0 Å². The van der Waals surface area contributed by atoms with Crippen molar-refractivity contribution < 1.29 is 9.53 Å². The van der Waals surface area contributed by atoms with E-state index in [2.05, 4.69) is 9.72 Å². The van der Waals surface area contributed by atoms with Crippen LogP contribution >= 0.6 is 34.2 Å². The maximum atomic E-state index is 11.0. The molecule has 0 fully saturated rings. The van der Waals surface area contributed by atoms with Crippen LogP contribution in [0.4, 0.5) is 0 Å². The average Bonchev–Trinajstić information content (AvgIpc) is 2.03. The highest BCUT2D eigenvalue weighted by molar-refractivity contribution is 14.1. The Morgan fingerprint density at radius 3 is 2.83 bits per heavy atom. The van der Waals surface area contributed by atoms with Crippen molar-refractivity contribution >= 4 is 40.2 Å². The van der Waals surface area contributed by atoms with Crippen LogP contribution < -0.4 is 0 Å². The Kier molecular flexibility index (Phi) is 3.28. The lowest BCUT2D eigenvalue weighted by molar-refractivity contribution is 0.0600. The van der Waals surface area contributed by atoms with Crippen LogP contribution in [0.2, 0.25) is 5.15 Å². The number of pyridine rings is 1. The Bertz CT molecular complexity index is 316. The molecule has 0 atom stereocenters. The number of rotatable bonds is 1. The van der Waals surface area contributed by atoms with Crippen LogP contribution in [-0.2, 0) is 4.74 Å². The molecule has 0 amide bonds. The van der Waals surface area contributed by atoms with Crippen LogP contribution in [0.3, 0.4) is 0 Å². The molecule has 0 saturated carbocycles. The van der Waals surface area contributed by atoms with E-state index in [1.807, 2.05) is 22.6 Å². The first-order valence-corrected chi connectivity index (χ1v) is 4.51. The molecule has 0 aromatic carbocycles. The predicted octanol–water partition coefficient (Wildman–Crippen LogP) is 2.13. The van der Waals surface area contributed by atoms with Gasteiger partial charge in [-0.25, -0.2) is 9.78 Å². The van der Waals surface area contributed by atoms with Gasteiger partial charge in [-0.15, -0.1) is 0 Å². The van der Waals surface area contributed by atoms with Gasteiger partial charge in [0.05, 0.1) is 12.7 Å². The lowest BCUT2D eigenvalue weighted by Gasteiger charge is -2.00. The molecule has 0 N–H and O–H groups in total. The van der Waals surface area contributed by atoms with E-state index < -0.39 is 5.97 Å². The summed E-state index contributed by atoms with van der Waals surface area (Å²) in [6.07, 6.45) is 0. The Hall–Kier alpha value is -0.360. The Labute approximate surface area is 88.2 Å². The molecule has 1 aromatic heterocycles. The first-order chi connectivity index (χ1) is 5.65. The van der Waals surface area contributed by atoms with Crippen molar-refractivity contribution in [1.82, 2.24) is 4.98 Å². The maximum absolute atomic E-state index is 11.0. The SMILES string of the molecule is COC(=O)c1ccc(I)nc1Cl. The highest BCUT2D eigenvalue weighted by atomic mass is 127. The molecule has 0 saturated heterocycles. The maximum Gasteiger partial charge on any atom is 0.341 e. The summed E-state index contributed by atoms with van der Waals surface area (Å²) in [6.45, 7) is 0. The van der Waals surface area contributed by atoms with E-state index >= 15 is 0 Å². The van der Waals surface area contributed by atoms with Gasteiger partial charge in [0, 0.05) is 0 Å². The molecule has 0 spiro atoms. The third kappa shape index (κ3) is 2.07. The first kappa shape index (κ1) is 9.73. The topological polar surface area (TPSA) is 39.2 Å². The molecule has 0 radical (unpaired) electrons. The zero-order valence-corrected chi connectivity index (χ0v) is 9.09. The van der Waals surface area contributed by atoms with Crippen molar-refractivity contribution in [2.45, 2.75) is 0 Å². The van der Waals surface area contributed by atoms with Gasteiger partial charge in [-0.3, -0.25) is 0 Å². The van der Waals surface area contributed by atoms with E-state index in [1.165, 1.54) is 7.11 Å². The summed E-state index contributed by atoms with van der Waals surface area (Å²) in [7, 11) is 1.30. The van der Waals surface area contributed by atoms with Crippen molar-refractivity contribution in [3.05, 3.63) is 26.5 Å². The van der Waals surface area contributed by atoms with Crippen LogP contribution in [0.25, 0.3) is 0 Å². The number of hydrogen-bond donors (Lipinski definition) is 0. The molecule has 3 nitrogen and oxygen atoms in total. The molecule has 0 aliphatic rings. The molecule has 1 rings (SSSR count). The normalized spacial score (nSPS) is 9.58. The van der Waals surface area contributed by atoms with Crippen LogP contribution in [0.1, 0.15) is 10.4 Å². The van der Waals surface area contributed by atoms with Gasteiger partial charge in [-0.2, -0.15) is 0 Å². The largest absolute Gasteiger partial charge is 0.465 e. The monoisotopic (exact) mass is 297 g/mol. The molecule has 1 heterocycles. The number of halogens is 2. The number of methoxy groups -OCH3 is 1. The van der Waals surface area contributed by atoms with E-state index in [-0.39, 0.29) is 5.15 Å². The summed E-state index contributed by atoms with van der Waals surface area (Å²) in [5.74, 6) is -0.469. The van der Waals surface area contributed by atoms with E-state index in [9.17, 15) is 4.79 Å². The summed E-state index contributed by atoms with van der Waals surface area (Å²) in [5, 5.41) is 0.175. The summed E-state index contributed by atoms with van der Waals surface area (Å²) >= 11 is 7.70. The fraction of sp³-hybridized carbons (Fsp3) is 0.143. The lowest BCUT2D eigenvalue weighted by Crippen LogP contribution is -2.03. The molecular weight excluding hydrogens is 292 g/mol. The molecule has 0 bridgehead atoms. The van der Waals surface area contributed by atoms with Crippen LogP contribution in [0, 0.1) is 3.70 Å². The third-order valence-electron chi connectivity index (χ3n) is 1.22. The highest BCUT2D eigenvalue weighted by Gasteiger charge is 2.10. The smallest absolute Gasteiger partial charge is 0.341 e. The van der Waals surface area contributed by atoms with Gasteiger partial charge in [0.25, 0.3) is 0 Å². The number of esters is 1. The minimum atomic E-state index is -0.469. The first-order valence-electron chi connectivity index (χ1n) is 3.05. The van der Waals surface area contributed by atoms with E-state index in [4.69, 9.17) is 11.6 Å². The summed E-state index contributed by atoms with van der Waals surface area (Å²) in [5.41, 5.74) is 0.291. The van der Waals surface area contributed by atoms with Crippen molar-refractivity contribution in [2.75, 3.05) is 7.11 Å². The summed E-state index contributed by atoms with van der Waals surface area (Å²) in [6, 6.07) is 3.28. The Morgan fingerprint density at radius 1 is 1.67 bits per heavy atom. The highest BCUT2D eigenvalue weighted by Crippen LogP contribution is 2.15. The summed E-state index contributed by atoms with van der Waals surface area (Å²) in [4.78, 5) is 14.9. The second-order valence-electron chi connectivity index (χ2n) is 1.96. The van der Waals surface area contributed by atoms with Gasteiger partial charge in [0.2, 0.25) is 0 Å². The lowest BCUT2D eigenvalue weighted by atomic mass is 10.3. The second-order valence-corrected chi connectivity index (χ2v) is 3.43. The van der Waals surface area contributed by atoms with Crippen LogP contribution in [0.5, 0.6) is 0 Å². The van der Waals surface area contributed by atoms with Gasteiger partial charge >= 0.3 is 5.97 Å². The van der Waals surface area contributed by atoms with Gasteiger partial charge in [0.15, 0.2) is 0 Å². The quantitative estimate of drug-likeness (QED) is 0.453. The Balaban J connectivity index is 3.09. The standard InChI is InChI=1S/C7H5ClINO2/c1-12-7(11)4-2-3-5(9)10-6(4)8/h2-3H,1H3. The molecule has 5 heteroatoms. The van der Waals surface area contributed by atoms with E-state index in [0.29, 0.717) is 5.56 Å². The molecular formula is C7H5ClINO2. The van der Waals surface area contributed by atoms with Crippen molar-refractivity contribution in [1.29, 1.82) is 0 Å². The zero-order chi connectivity index (χ0) is 9.14. The predicted molar refractivity (Wildman–Crippen MR) is 53.3 cm³/mol. The summed E-state index contributed by atoms with van der Waals surface area (Å²) < 4.78 is 5.23. The van der Waals surface area contributed by atoms with Gasteiger partial charge in [0.1, 0.15) is 8.85 Å². The number of ether oxygens (including phenoxy) is 1. The molecule has 1 aromatic rings. The van der Waals surface area contributed by atoms with Crippen LogP contribution in [-0.4, -0.2) is 18.1 Å². The fourth-order valence-electron chi connectivity index (χ4n) is 0.674. The molecule has 64 valence electrons. The van der Waals surface area contributed by atoms with Gasteiger partial charge in [-0.05, 0) is 34.7 Å². The van der Waals surface area contributed by atoms with Crippen molar-refractivity contribution in [3.63, 3.8) is 0 Å². The van der Waals surface area contributed by atoms with Crippen LogP contribution in [0.15, 0.2) is 12.1 Å². The molecule has 0 aliphatic heterocycles. The number of carbonyl (C=O) groups is 1. The zero-order valence-electron chi connectivity index (χ0n) is 6.17. The number of carbonyl (C=O) groups excluding carboxylic acids is 1. The second kappa shape index (κ2) is 4.04. The van der Waals surface area contributed by atoms with E-state index in [1.54, 1.807) is 12.1 Å². The van der Waals surface area contributed by atoms with Gasteiger partial charge in [-0.1, -0.05) is 11.6 Å². The number of aromatic nitrogens is 1. The minimum Gasteiger partial charge on any atom is -0.465 e. The fourth-order valence-corrected chi connectivity index (χ4v) is 1.47. The number of hydrogen-bond acceptors (Lipinski definition) is 3. The molecule has 0 aliphatic carbocycles.